The van der Waals surface area contributed by atoms with Gasteiger partial charge in [0.2, 0.25) is 5.95 Å². The second-order valence-corrected chi connectivity index (χ2v) is 7.00. The number of imidazole rings is 1. The number of rotatable bonds is 7. The van der Waals surface area contributed by atoms with Crippen LogP contribution in [0.5, 0.6) is 11.5 Å². The Hall–Kier alpha value is -3.33. The molecule has 0 aliphatic rings. The Balaban J connectivity index is 1.63. The molecule has 3 rings (SSSR count). The molecule has 3 aromatic rings. The molecule has 0 atom stereocenters. The summed E-state index contributed by atoms with van der Waals surface area (Å²) in [5.74, 6) is 0.974. The second kappa shape index (κ2) is 9.24. The third-order valence-corrected chi connectivity index (χ3v) is 4.37. The number of methoxy groups -OCH3 is 1. The number of hydrogen-bond donors (Lipinski definition) is 2. The van der Waals surface area contributed by atoms with Crippen molar-refractivity contribution in [3.05, 3.63) is 64.4 Å². The van der Waals surface area contributed by atoms with Crippen LogP contribution < -0.4 is 20.5 Å². The van der Waals surface area contributed by atoms with Crippen LogP contribution in [0.2, 0.25) is 0 Å². The van der Waals surface area contributed by atoms with Gasteiger partial charge in [-0.3, -0.25) is 4.79 Å². The number of amides is 1. The normalized spacial score (nSPS) is 10.9. The summed E-state index contributed by atoms with van der Waals surface area (Å²) in [5.41, 5.74) is 8.02. The van der Waals surface area contributed by atoms with Gasteiger partial charge in [-0.25, -0.2) is 9.66 Å². The Morgan fingerprint density at radius 1 is 1.28 bits per heavy atom. The van der Waals surface area contributed by atoms with E-state index in [4.69, 9.17) is 15.2 Å². The lowest BCUT2D eigenvalue weighted by atomic mass is 10.2. The van der Waals surface area contributed by atoms with Gasteiger partial charge in [0.1, 0.15) is 0 Å². The van der Waals surface area contributed by atoms with Crippen molar-refractivity contribution in [2.45, 2.75) is 6.92 Å². The third-order valence-electron chi connectivity index (χ3n) is 3.84. The number of aryl methyl sites for hydroxylation is 1. The molecule has 0 spiro atoms. The third kappa shape index (κ3) is 5.58. The highest BCUT2D eigenvalue weighted by molar-refractivity contribution is 9.10. The molecule has 0 unspecified atom stereocenters. The van der Waals surface area contributed by atoms with Gasteiger partial charge in [-0.15, -0.1) is 0 Å². The fourth-order valence-electron chi connectivity index (χ4n) is 2.48. The van der Waals surface area contributed by atoms with Gasteiger partial charge in [-0.05, 0) is 55.0 Å². The number of nitrogens with zero attached hydrogens (tertiary/aromatic N) is 3. The number of nitrogen functional groups attached to an aromatic ring is 1. The molecular formula is C20H20BrN5O3. The van der Waals surface area contributed by atoms with E-state index in [-0.39, 0.29) is 12.5 Å². The summed E-state index contributed by atoms with van der Waals surface area (Å²) in [6.07, 6.45) is 3.36. The average molecular weight is 458 g/mol. The van der Waals surface area contributed by atoms with Crippen molar-refractivity contribution in [2.75, 3.05) is 24.8 Å². The fraction of sp³-hybridized carbons (Fsp3) is 0.150. The molecule has 0 radical (unpaired) electrons. The molecule has 1 amide bonds. The molecule has 2 aromatic carbocycles. The summed E-state index contributed by atoms with van der Waals surface area (Å²) in [6.45, 7) is 1.69. The van der Waals surface area contributed by atoms with Crippen molar-refractivity contribution < 1.29 is 14.3 Å². The van der Waals surface area contributed by atoms with E-state index in [1.165, 1.54) is 11.8 Å². The summed E-state index contributed by atoms with van der Waals surface area (Å²) in [4.78, 5) is 16.2. The summed E-state index contributed by atoms with van der Waals surface area (Å²) < 4.78 is 13.4. The van der Waals surface area contributed by atoms with Gasteiger partial charge < -0.3 is 20.5 Å². The van der Waals surface area contributed by atoms with Gasteiger partial charge in [0, 0.05) is 10.2 Å². The molecule has 150 valence electrons. The number of ether oxygens (including phenoxy) is 2. The standard InChI is InChI=1S/C20H20BrN5O3/c1-13-11-26(20(22)24-13)23-10-14-3-8-17(18(9-14)28-2)29-12-19(27)25-16-6-4-15(21)5-7-16/h3-11H,12H2,1-2H3,(H2,22,24)(H,25,27). The van der Waals surface area contributed by atoms with Crippen molar-refractivity contribution >= 4 is 39.7 Å². The number of carbonyl (C=O) groups excluding carboxylic acids is 1. The Bertz CT molecular complexity index is 1030. The van der Waals surface area contributed by atoms with Crippen LogP contribution in [0.4, 0.5) is 11.6 Å². The largest absolute Gasteiger partial charge is 0.493 e. The topological polar surface area (TPSA) is 104 Å². The van der Waals surface area contributed by atoms with E-state index in [1.54, 1.807) is 42.7 Å². The Morgan fingerprint density at radius 3 is 2.69 bits per heavy atom. The lowest BCUT2D eigenvalue weighted by molar-refractivity contribution is -0.118. The molecule has 9 heteroatoms. The first-order valence-electron chi connectivity index (χ1n) is 8.66. The van der Waals surface area contributed by atoms with E-state index in [0.29, 0.717) is 23.1 Å². The monoisotopic (exact) mass is 457 g/mol. The minimum absolute atomic E-state index is 0.148. The molecule has 0 saturated heterocycles. The highest BCUT2D eigenvalue weighted by Crippen LogP contribution is 2.27. The van der Waals surface area contributed by atoms with Gasteiger partial charge in [0.25, 0.3) is 5.91 Å². The fourth-order valence-corrected chi connectivity index (χ4v) is 2.75. The van der Waals surface area contributed by atoms with E-state index in [1.807, 2.05) is 19.1 Å². The van der Waals surface area contributed by atoms with Crippen molar-refractivity contribution in [2.24, 2.45) is 5.10 Å². The van der Waals surface area contributed by atoms with E-state index in [0.717, 1.165) is 15.7 Å². The number of carbonyl (C=O) groups is 1. The first kappa shape index (κ1) is 20.4. The maximum atomic E-state index is 12.1. The van der Waals surface area contributed by atoms with Crippen LogP contribution in [0.1, 0.15) is 11.3 Å². The van der Waals surface area contributed by atoms with Gasteiger partial charge in [-0.1, -0.05) is 15.9 Å². The lowest BCUT2D eigenvalue weighted by Gasteiger charge is -2.11. The zero-order chi connectivity index (χ0) is 20.8. The Morgan fingerprint density at radius 2 is 2.03 bits per heavy atom. The molecule has 1 aromatic heterocycles. The highest BCUT2D eigenvalue weighted by Gasteiger charge is 2.09. The van der Waals surface area contributed by atoms with Crippen molar-refractivity contribution in [3.8, 4) is 11.5 Å². The number of halogens is 1. The smallest absolute Gasteiger partial charge is 0.262 e. The van der Waals surface area contributed by atoms with Gasteiger partial charge in [0.15, 0.2) is 18.1 Å². The van der Waals surface area contributed by atoms with Crippen LogP contribution in [-0.2, 0) is 4.79 Å². The van der Waals surface area contributed by atoms with Crippen molar-refractivity contribution in [3.63, 3.8) is 0 Å². The molecule has 0 bridgehead atoms. The summed E-state index contributed by atoms with van der Waals surface area (Å²) >= 11 is 3.35. The predicted octanol–water partition coefficient (Wildman–Crippen LogP) is 3.44. The second-order valence-electron chi connectivity index (χ2n) is 6.08. The average Bonchev–Trinajstić information content (AvgIpc) is 3.03. The minimum atomic E-state index is -0.272. The number of aromatic nitrogens is 2. The Labute approximate surface area is 176 Å². The Kier molecular flexibility index (Phi) is 6.50. The molecule has 0 saturated carbocycles. The number of nitrogens with two attached hydrogens (primary N) is 1. The predicted molar refractivity (Wildman–Crippen MR) is 116 cm³/mol. The summed E-state index contributed by atoms with van der Waals surface area (Å²) in [6, 6.07) is 12.6. The first-order valence-corrected chi connectivity index (χ1v) is 9.46. The number of anilines is 2. The van der Waals surface area contributed by atoms with Crippen LogP contribution in [0.25, 0.3) is 0 Å². The molecule has 0 aliphatic heterocycles. The quantitative estimate of drug-likeness (QED) is 0.528. The lowest BCUT2D eigenvalue weighted by Crippen LogP contribution is -2.20. The van der Waals surface area contributed by atoms with Crippen LogP contribution in [-0.4, -0.2) is 35.5 Å². The molecule has 1 heterocycles. The molecule has 0 fully saturated rings. The molecule has 8 nitrogen and oxygen atoms in total. The van der Waals surface area contributed by atoms with E-state index in [2.05, 4.69) is 31.3 Å². The molecule has 29 heavy (non-hydrogen) atoms. The van der Waals surface area contributed by atoms with Gasteiger partial charge in [-0.2, -0.15) is 5.10 Å². The zero-order valence-electron chi connectivity index (χ0n) is 15.9. The van der Waals surface area contributed by atoms with E-state index in [9.17, 15) is 4.79 Å². The first-order chi connectivity index (χ1) is 13.9. The van der Waals surface area contributed by atoms with Crippen molar-refractivity contribution in [1.29, 1.82) is 0 Å². The molecule has 3 N–H and O–H groups in total. The van der Waals surface area contributed by atoms with E-state index >= 15 is 0 Å². The van der Waals surface area contributed by atoms with Crippen molar-refractivity contribution in [1.82, 2.24) is 9.66 Å². The number of benzene rings is 2. The molecule has 0 aliphatic carbocycles. The highest BCUT2D eigenvalue weighted by atomic mass is 79.9. The maximum absolute atomic E-state index is 12.1. The summed E-state index contributed by atoms with van der Waals surface area (Å²) in [5, 5.41) is 7.04. The number of nitrogens with one attached hydrogen (secondary N) is 1. The zero-order valence-corrected chi connectivity index (χ0v) is 17.5. The van der Waals surface area contributed by atoms with Gasteiger partial charge >= 0.3 is 0 Å². The van der Waals surface area contributed by atoms with E-state index < -0.39 is 0 Å². The van der Waals surface area contributed by atoms with Crippen LogP contribution in [0.3, 0.4) is 0 Å². The van der Waals surface area contributed by atoms with Crippen LogP contribution in [0, 0.1) is 6.92 Å². The van der Waals surface area contributed by atoms with Crippen LogP contribution in [0.15, 0.2) is 58.2 Å². The SMILES string of the molecule is COc1cc(C=Nn2cc(C)nc2N)ccc1OCC(=O)Nc1ccc(Br)cc1. The minimum Gasteiger partial charge on any atom is -0.493 e. The molecular weight excluding hydrogens is 438 g/mol. The van der Waals surface area contributed by atoms with Gasteiger partial charge in [0.05, 0.1) is 25.2 Å². The summed E-state index contributed by atoms with van der Waals surface area (Å²) in [7, 11) is 1.53. The maximum Gasteiger partial charge on any atom is 0.262 e. The number of hydrogen-bond acceptors (Lipinski definition) is 6. The van der Waals surface area contributed by atoms with Crippen LogP contribution >= 0.6 is 15.9 Å².